The van der Waals surface area contributed by atoms with Crippen LogP contribution in [0.25, 0.3) is 0 Å². The first kappa shape index (κ1) is 18.7. The summed E-state index contributed by atoms with van der Waals surface area (Å²) >= 11 is 0. The van der Waals surface area contributed by atoms with Gasteiger partial charge in [-0.25, -0.2) is 0 Å². The van der Waals surface area contributed by atoms with Gasteiger partial charge in [-0.3, -0.25) is 9.59 Å². The lowest BCUT2D eigenvalue weighted by Gasteiger charge is -2.37. The molecular weight excluding hydrogens is 312 g/mol. The Bertz CT molecular complexity index is 446. The molecule has 0 bridgehead atoms. The van der Waals surface area contributed by atoms with Crippen molar-refractivity contribution in [3.63, 3.8) is 0 Å². The Hall–Kier alpha value is -1.06. The molecule has 0 aromatic carbocycles. The molecule has 3 aliphatic rings. The summed E-state index contributed by atoms with van der Waals surface area (Å²) in [6, 6.07) is 0. The summed E-state index contributed by atoms with van der Waals surface area (Å²) < 4.78 is 0. The van der Waals surface area contributed by atoms with Crippen LogP contribution in [0.2, 0.25) is 0 Å². The summed E-state index contributed by atoms with van der Waals surface area (Å²) in [6.45, 7) is 8.13. The molecular formula is C21H36N2O2. The number of hydrogen-bond acceptors (Lipinski definition) is 2. The van der Waals surface area contributed by atoms with Crippen molar-refractivity contribution in [1.29, 1.82) is 0 Å². The summed E-state index contributed by atoms with van der Waals surface area (Å²) in [7, 11) is 0. The molecule has 2 heterocycles. The van der Waals surface area contributed by atoms with Crippen LogP contribution in [0.5, 0.6) is 0 Å². The Balaban J connectivity index is 1.60. The highest BCUT2D eigenvalue weighted by molar-refractivity contribution is 5.80. The van der Waals surface area contributed by atoms with Crippen molar-refractivity contribution < 1.29 is 9.59 Å². The first-order chi connectivity index (χ1) is 12.0. The minimum Gasteiger partial charge on any atom is -0.342 e. The van der Waals surface area contributed by atoms with E-state index in [0.717, 1.165) is 51.9 Å². The monoisotopic (exact) mass is 348 g/mol. The predicted octanol–water partition coefficient (Wildman–Crippen LogP) is 3.84. The fraction of sp³-hybridized carbons (Fsp3) is 0.905. The van der Waals surface area contributed by atoms with Crippen LogP contribution in [-0.4, -0.2) is 47.8 Å². The second-order valence-corrected chi connectivity index (χ2v) is 9.23. The Morgan fingerprint density at radius 1 is 0.800 bits per heavy atom. The molecule has 0 N–H and O–H groups in total. The van der Waals surface area contributed by atoms with Gasteiger partial charge in [-0.2, -0.15) is 0 Å². The summed E-state index contributed by atoms with van der Waals surface area (Å²) in [6.07, 6.45) is 10.4. The molecule has 1 aliphatic carbocycles. The number of carbonyl (C=O) groups is 2. The molecule has 0 aromatic rings. The van der Waals surface area contributed by atoms with Gasteiger partial charge in [0, 0.05) is 39.0 Å². The fourth-order valence-corrected chi connectivity index (χ4v) is 5.24. The van der Waals surface area contributed by atoms with Gasteiger partial charge in [0.2, 0.25) is 11.8 Å². The summed E-state index contributed by atoms with van der Waals surface area (Å²) in [5.41, 5.74) is -0.0600. The van der Waals surface area contributed by atoms with E-state index in [0.29, 0.717) is 36.5 Å². The first-order valence-electron chi connectivity index (χ1n) is 10.5. The van der Waals surface area contributed by atoms with Crippen LogP contribution in [0.4, 0.5) is 0 Å². The summed E-state index contributed by atoms with van der Waals surface area (Å²) in [5.74, 6) is 1.84. The molecule has 2 aliphatic heterocycles. The van der Waals surface area contributed by atoms with Crippen LogP contribution in [0.3, 0.4) is 0 Å². The Kier molecular flexibility index (Phi) is 6.06. The van der Waals surface area contributed by atoms with Gasteiger partial charge in [0.1, 0.15) is 0 Å². The highest BCUT2D eigenvalue weighted by Crippen LogP contribution is 2.45. The van der Waals surface area contributed by atoms with Crippen LogP contribution >= 0.6 is 0 Å². The number of amides is 2. The van der Waals surface area contributed by atoms with E-state index in [1.807, 2.05) is 0 Å². The minimum atomic E-state index is -0.0600. The molecule has 0 aromatic heterocycles. The van der Waals surface area contributed by atoms with E-state index in [4.69, 9.17) is 0 Å². The van der Waals surface area contributed by atoms with E-state index in [-0.39, 0.29) is 5.41 Å². The highest BCUT2D eigenvalue weighted by atomic mass is 16.2. The zero-order valence-electron chi connectivity index (χ0n) is 16.3. The third-order valence-corrected chi connectivity index (χ3v) is 6.74. The van der Waals surface area contributed by atoms with Crippen LogP contribution in [0.15, 0.2) is 0 Å². The maximum Gasteiger partial charge on any atom is 0.223 e. The fourth-order valence-electron chi connectivity index (χ4n) is 5.24. The highest BCUT2D eigenvalue weighted by Gasteiger charge is 2.40. The van der Waals surface area contributed by atoms with Gasteiger partial charge < -0.3 is 9.80 Å². The Morgan fingerprint density at radius 3 is 1.64 bits per heavy atom. The van der Waals surface area contributed by atoms with E-state index in [1.165, 1.54) is 25.7 Å². The topological polar surface area (TPSA) is 40.6 Å². The molecule has 142 valence electrons. The smallest absolute Gasteiger partial charge is 0.223 e. The standard InChI is InChI=1S/C21H36N2O2/c1-17-7-5-11-22(15-17)19(24)13-21(9-3-4-10-21)14-20(25)23-12-6-8-18(2)16-23/h17-18H,3-16H2,1-2H3/t17-,18-/m0/s1. The lowest BCUT2D eigenvalue weighted by Crippen LogP contribution is -2.44. The second kappa shape index (κ2) is 8.09. The van der Waals surface area contributed by atoms with Gasteiger partial charge >= 0.3 is 0 Å². The largest absolute Gasteiger partial charge is 0.342 e. The maximum atomic E-state index is 12.9. The molecule has 25 heavy (non-hydrogen) atoms. The average Bonchev–Trinajstić information content (AvgIpc) is 3.03. The van der Waals surface area contributed by atoms with Gasteiger partial charge in [0.15, 0.2) is 0 Å². The quantitative estimate of drug-likeness (QED) is 0.774. The molecule has 1 saturated carbocycles. The zero-order chi connectivity index (χ0) is 17.9. The van der Waals surface area contributed by atoms with Gasteiger partial charge in [-0.05, 0) is 55.8 Å². The summed E-state index contributed by atoms with van der Waals surface area (Å²) in [5, 5.41) is 0. The number of hydrogen-bond donors (Lipinski definition) is 0. The number of carbonyl (C=O) groups excluding carboxylic acids is 2. The number of piperidine rings is 2. The first-order valence-corrected chi connectivity index (χ1v) is 10.5. The number of likely N-dealkylation sites (tertiary alicyclic amines) is 2. The molecule has 3 fully saturated rings. The van der Waals surface area contributed by atoms with Crippen molar-refractivity contribution in [1.82, 2.24) is 9.80 Å². The van der Waals surface area contributed by atoms with Gasteiger partial charge in [-0.15, -0.1) is 0 Å². The Labute approximate surface area is 153 Å². The zero-order valence-corrected chi connectivity index (χ0v) is 16.3. The van der Waals surface area contributed by atoms with Gasteiger partial charge in [0.05, 0.1) is 0 Å². The third kappa shape index (κ3) is 4.77. The molecule has 2 saturated heterocycles. The van der Waals surface area contributed by atoms with E-state index >= 15 is 0 Å². The van der Waals surface area contributed by atoms with Crippen LogP contribution in [-0.2, 0) is 9.59 Å². The van der Waals surface area contributed by atoms with Crippen molar-refractivity contribution in [3.05, 3.63) is 0 Å². The second-order valence-electron chi connectivity index (χ2n) is 9.23. The normalized spacial score (nSPS) is 29.7. The molecule has 3 rings (SSSR count). The molecule has 0 unspecified atom stereocenters. The molecule has 0 radical (unpaired) electrons. The molecule has 4 nitrogen and oxygen atoms in total. The SMILES string of the molecule is C[C@H]1CCCN(C(=O)CC2(CC(=O)N3CCC[C@H](C)C3)CCCC2)C1. The number of rotatable bonds is 4. The predicted molar refractivity (Wildman–Crippen MR) is 100 cm³/mol. The van der Waals surface area contributed by atoms with Crippen LogP contribution in [0.1, 0.15) is 78.1 Å². The molecule has 0 spiro atoms. The molecule has 2 atom stereocenters. The van der Waals surface area contributed by atoms with E-state index < -0.39 is 0 Å². The van der Waals surface area contributed by atoms with E-state index in [1.54, 1.807) is 0 Å². The third-order valence-electron chi connectivity index (χ3n) is 6.74. The molecule has 4 heteroatoms. The van der Waals surface area contributed by atoms with E-state index in [2.05, 4.69) is 23.6 Å². The van der Waals surface area contributed by atoms with Crippen LogP contribution < -0.4 is 0 Å². The van der Waals surface area contributed by atoms with Gasteiger partial charge in [-0.1, -0.05) is 26.7 Å². The van der Waals surface area contributed by atoms with Gasteiger partial charge in [0.25, 0.3) is 0 Å². The number of nitrogens with zero attached hydrogens (tertiary/aromatic N) is 2. The van der Waals surface area contributed by atoms with Crippen molar-refractivity contribution in [3.8, 4) is 0 Å². The van der Waals surface area contributed by atoms with E-state index in [9.17, 15) is 9.59 Å². The maximum absolute atomic E-state index is 12.9. The minimum absolute atomic E-state index is 0.0600. The van der Waals surface area contributed by atoms with Crippen molar-refractivity contribution in [2.24, 2.45) is 17.3 Å². The van der Waals surface area contributed by atoms with Crippen LogP contribution in [0, 0.1) is 17.3 Å². The summed E-state index contributed by atoms with van der Waals surface area (Å²) in [4.78, 5) is 30.0. The lowest BCUT2D eigenvalue weighted by molar-refractivity contribution is -0.139. The average molecular weight is 349 g/mol. The van der Waals surface area contributed by atoms with Crippen molar-refractivity contribution in [2.75, 3.05) is 26.2 Å². The van der Waals surface area contributed by atoms with Crippen molar-refractivity contribution >= 4 is 11.8 Å². The lowest BCUT2D eigenvalue weighted by atomic mass is 9.78. The van der Waals surface area contributed by atoms with Crippen molar-refractivity contribution in [2.45, 2.75) is 78.1 Å². The molecule has 2 amide bonds. The Morgan fingerprint density at radius 2 is 1.24 bits per heavy atom.